The van der Waals surface area contributed by atoms with E-state index in [0.717, 1.165) is 12.5 Å². The van der Waals surface area contributed by atoms with Crippen molar-refractivity contribution >= 4 is 12.0 Å². The quantitative estimate of drug-likeness (QED) is 0.759. The van der Waals surface area contributed by atoms with Gasteiger partial charge in [0.1, 0.15) is 0 Å². The molecular weight excluding hydrogens is 268 g/mol. The molecule has 2 amide bonds. The van der Waals surface area contributed by atoms with E-state index in [1.165, 1.54) is 43.4 Å². The van der Waals surface area contributed by atoms with Gasteiger partial charge in [-0.2, -0.15) is 0 Å². The number of rotatable bonds is 7. The van der Waals surface area contributed by atoms with Crippen LogP contribution < -0.4 is 5.32 Å². The average molecular weight is 298 g/mol. The van der Waals surface area contributed by atoms with E-state index in [-0.39, 0.29) is 12.6 Å². The standard InChI is InChI=1S/C16H30N2O3/c1-4-7-13-8-5-6-9-14(13)10-17-16(21)18(3)11-12(2)15(19)20/h12-14H,4-11H2,1-3H3,(H,17,21)(H,19,20). The van der Waals surface area contributed by atoms with Gasteiger partial charge in [0.05, 0.1) is 5.92 Å². The Morgan fingerprint density at radius 2 is 1.90 bits per heavy atom. The average Bonchev–Trinajstić information content (AvgIpc) is 2.46. The molecule has 0 aromatic heterocycles. The van der Waals surface area contributed by atoms with E-state index >= 15 is 0 Å². The van der Waals surface area contributed by atoms with Gasteiger partial charge in [-0.3, -0.25) is 4.79 Å². The lowest BCUT2D eigenvalue weighted by Crippen LogP contribution is -2.43. The lowest BCUT2D eigenvalue weighted by atomic mass is 9.77. The van der Waals surface area contributed by atoms with Gasteiger partial charge in [-0.15, -0.1) is 0 Å². The van der Waals surface area contributed by atoms with Gasteiger partial charge in [0, 0.05) is 20.1 Å². The van der Waals surface area contributed by atoms with Gasteiger partial charge in [-0.05, 0) is 18.3 Å². The molecule has 21 heavy (non-hydrogen) atoms. The Balaban J connectivity index is 2.38. The molecule has 1 saturated carbocycles. The lowest BCUT2D eigenvalue weighted by molar-refractivity contribution is -0.141. The van der Waals surface area contributed by atoms with Gasteiger partial charge in [-0.1, -0.05) is 46.0 Å². The molecule has 1 aliphatic carbocycles. The summed E-state index contributed by atoms with van der Waals surface area (Å²) in [5.41, 5.74) is 0. The predicted molar refractivity (Wildman–Crippen MR) is 83.2 cm³/mol. The van der Waals surface area contributed by atoms with Crippen LogP contribution in [0.2, 0.25) is 0 Å². The molecular formula is C16H30N2O3. The predicted octanol–water partition coefficient (Wildman–Crippen LogP) is 2.96. The molecule has 0 spiro atoms. The second-order valence-electron chi connectivity index (χ2n) is 6.40. The first kappa shape index (κ1) is 17.8. The molecule has 1 fully saturated rings. The molecule has 0 aromatic carbocycles. The van der Waals surface area contributed by atoms with E-state index in [1.807, 2.05) is 0 Å². The van der Waals surface area contributed by atoms with Crippen molar-refractivity contribution in [2.75, 3.05) is 20.1 Å². The normalized spacial score (nSPS) is 23.4. The topological polar surface area (TPSA) is 69.6 Å². The number of aliphatic carboxylic acids is 1. The van der Waals surface area contributed by atoms with Crippen molar-refractivity contribution in [1.82, 2.24) is 10.2 Å². The smallest absolute Gasteiger partial charge is 0.317 e. The second kappa shape index (κ2) is 8.90. The van der Waals surface area contributed by atoms with Crippen LogP contribution in [-0.4, -0.2) is 42.1 Å². The van der Waals surface area contributed by atoms with Crippen molar-refractivity contribution in [3.63, 3.8) is 0 Å². The maximum Gasteiger partial charge on any atom is 0.317 e. The molecule has 3 atom stereocenters. The van der Waals surface area contributed by atoms with E-state index in [0.29, 0.717) is 5.92 Å². The highest BCUT2D eigenvalue weighted by Gasteiger charge is 2.25. The number of carbonyl (C=O) groups is 2. The lowest BCUT2D eigenvalue weighted by Gasteiger charge is -2.32. The Kier molecular flexibility index (Phi) is 7.54. The first-order valence-corrected chi connectivity index (χ1v) is 8.17. The number of carboxylic acid groups (broad SMARTS) is 1. The molecule has 0 aromatic rings. The highest BCUT2D eigenvalue weighted by Crippen LogP contribution is 2.32. The molecule has 1 aliphatic rings. The van der Waals surface area contributed by atoms with Gasteiger partial charge < -0.3 is 15.3 Å². The van der Waals surface area contributed by atoms with Crippen molar-refractivity contribution in [2.24, 2.45) is 17.8 Å². The summed E-state index contributed by atoms with van der Waals surface area (Å²) in [6, 6.07) is -0.163. The zero-order valence-electron chi connectivity index (χ0n) is 13.6. The van der Waals surface area contributed by atoms with Gasteiger partial charge in [0.15, 0.2) is 0 Å². The number of urea groups is 1. The third-order valence-corrected chi connectivity index (χ3v) is 4.56. The van der Waals surface area contributed by atoms with Gasteiger partial charge >= 0.3 is 12.0 Å². The Bertz CT molecular complexity index is 344. The summed E-state index contributed by atoms with van der Waals surface area (Å²) < 4.78 is 0. The van der Waals surface area contributed by atoms with Crippen molar-refractivity contribution in [2.45, 2.75) is 52.4 Å². The molecule has 3 unspecified atom stereocenters. The first-order chi connectivity index (χ1) is 9.95. The summed E-state index contributed by atoms with van der Waals surface area (Å²) in [6.45, 7) is 4.79. The number of carbonyl (C=O) groups excluding carboxylic acids is 1. The van der Waals surface area contributed by atoms with Crippen molar-refractivity contribution < 1.29 is 14.7 Å². The number of carboxylic acids is 1. The van der Waals surface area contributed by atoms with Gasteiger partial charge in [0.2, 0.25) is 0 Å². The molecule has 0 heterocycles. The fourth-order valence-electron chi connectivity index (χ4n) is 3.23. The Morgan fingerprint density at radius 1 is 1.29 bits per heavy atom. The molecule has 5 nitrogen and oxygen atoms in total. The number of nitrogens with zero attached hydrogens (tertiary/aromatic N) is 1. The van der Waals surface area contributed by atoms with Crippen molar-refractivity contribution in [3.05, 3.63) is 0 Å². The molecule has 1 rings (SSSR count). The minimum Gasteiger partial charge on any atom is -0.481 e. The third kappa shape index (κ3) is 5.94. The van der Waals surface area contributed by atoms with E-state index in [1.54, 1.807) is 14.0 Å². The molecule has 0 saturated heterocycles. The van der Waals surface area contributed by atoms with Crippen LogP contribution in [0, 0.1) is 17.8 Å². The van der Waals surface area contributed by atoms with Crippen molar-refractivity contribution in [1.29, 1.82) is 0 Å². The maximum atomic E-state index is 12.0. The van der Waals surface area contributed by atoms with Gasteiger partial charge in [0.25, 0.3) is 0 Å². The summed E-state index contributed by atoms with van der Waals surface area (Å²) >= 11 is 0. The van der Waals surface area contributed by atoms with Gasteiger partial charge in [-0.25, -0.2) is 4.79 Å². The minimum atomic E-state index is -0.870. The maximum absolute atomic E-state index is 12.0. The van der Waals surface area contributed by atoms with Crippen LogP contribution in [0.1, 0.15) is 52.4 Å². The van der Waals surface area contributed by atoms with Crippen molar-refractivity contribution in [3.8, 4) is 0 Å². The summed E-state index contributed by atoms with van der Waals surface area (Å²) in [5, 5.41) is 11.9. The number of amides is 2. The fourth-order valence-corrected chi connectivity index (χ4v) is 3.23. The van der Waals surface area contributed by atoms with Crippen LogP contribution in [0.5, 0.6) is 0 Å². The molecule has 0 bridgehead atoms. The largest absolute Gasteiger partial charge is 0.481 e. The summed E-state index contributed by atoms with van der Waals surface area (Å²) in [5.74, 6) is -0.103. The van der Waals surface area contributed by atoms with E-state index in [9.17, 15) is 9.59 Å². The molecule has 0 aliphatic heterocycles. The monoisotopic (exact) mass is 298 g/mol. The van der Waals surface area contributed by atoms with Crippen LogP contribution in [0.4, 0.5) is 4.79 Å². The Morgan fingerprint density at radius 3 is 2.48 bits per heavy atom. The summed E-state index contributed by atoms with van der Waals surface area (Å²) in [4.78, 5) is 24.3. The zero-order valence-corrected chi connectivity index (χ0v) is 13.6. The number of nitrogens with one attached hydrogen (secondary N) is 1. The highest BCUT2D eigenvalue weighted by atomic mass is 16.4. The summed E-state index contributed by atoms with van der Waals surface area (Å²) in [6.07, 6.45) is 7.48. The van der Waals surface area contributed by atoms with Crippen LogP contribution in [0.3, 0.4) is 0 Å². The van der Waals surface area contributed by atoms with E-state index in [2.05, 4.69) is 12.2 Å². The SMILES string of the molecule is CCCC1CCCCC1CNC(=O)N(C)CC(C)C(=O)O. The summed E-state index contributed by atoms with van der Waals surface area (Å²) in [7, 11) is 1.65. The number of hydrogen-bond donors (Lipinski definition) is 2. The Labute approximate surface area is 128 Å². The van der Waals surface area contributed by atoms with E-state index in [4.69, 9.17) is 5.11 Å². The minimum absolute atomic E-state index is 0.163. The van der Waals surface area contributed by atoms with Crippen LogP contribution >= 0.6 is 0 Å². The zero-order chi connectivity index (χ0) is 15.8. The highest BCUT2D eigenvalue weighted by molar-refractivity contribution is 5.75. The number of hydrogen-bond acceptors (Lipinski definition) is 2. The molecule has 2 N–H and O–H groups in total. The third-order valence-electron chi connectivity index (χ3n) is 4.56. The Hall–Kier alpha value is -1.26. The van der Waals surface area contributed by atoms with Crippen LogP contribution in [0.15, 0.2) is 0 Å². The van der Waals surface area contributed by atoms with E-state index < -0.39 is 11.9 Å². The first-order valence-electron chi connectivity index (χ1n) is 8.17. The van der Waals surface area contributed by atoms with Crippen LogP contribution in [-0.2, 0) is 4.79 Å². The molecule has 0 radical (unpaired) electrons. The molecule has 5 heteroatoms. The second-order valence-corrected chi connectivity index (χ2v) is 6.40. The fraction of sp³-hybridized carbons (Fsp3) is 0.875. The van der Waals surface area contributed by atoms with Crippen LogP contribution in [0.25, 0.3) is 0 Å². The molecule has 122 valence electrons.